The Bertz CT molecular complexity index is 725. The summed E-state index contributed by atoms with van der Waals surface area (Å²) in [5.74, 6) is -1.06. The predicted molar refractivity (Wildman–Crippen MR) is 91.3 cm³/mol. The van der Waals surface area contributed by atoms with Crippen LogP contribution in [0.3, 0.4) is 0 Å². The number of carbonyl (C=O) groups is 3. The second-order valence-electron chi connectivity index (χ2n) is 5.50. The van der Waals surface area contributed by atoms with Gasteiger partial charge in [-0.2, -0.15) is 0 Å². The zero-order valence-electron chi connectivity index (χ0n) is 13.5. The van der Waals surface area contributed by atoms with Crippen LogP contribution in [0.4, 0.5) is 5.69 Å². The van der Waals surface area contributed by atoms with E-state index >= 15 is 0 Å². The Labute approximate surface area is 140 Å². The Balaban J connectivity index is 1.91. The number of amides is 3. The van der Waals surface area contributed by atoms with Crippen LogP contribution in [0.25, 0.3) is 0 Å². The van der Waals surface area contributed by atoms with E-state index in [2.05, 4.69) is 16.2 Å². The largest absolute Gasteiger partial charge is 0.326 e. The highest BCUT2D eigenvalue weighted by Crippen LogP contribution is 2.11. The van der Waals surface area contributed by atoms with Crippen LogP contribution in [0.15, 0.2) is 54.6 Å². The van der Waals surface area contributed by atoms with Gasteiger partial charge in [0, 0.05) is 22.7 Å². The van der Waals surface area contributed by atoms with E-state index in [-0.39, 0.29) is 11.8 Å². The molecule has 0 atom stereocenters. The summed E-state index contributed by atoms with van der Waals surface area (Å²) in [5, 5.41) is 2.74. The molecule has 2 rings (SSSR count). The Morgan fingerprint density at radius 1 is 0.750 bits per heavy atom. The smallest absolute Gasteiger partial charge is 0.269 e. The fourth-order valence-corrected chi connectivity index (χ4v) is 1.84. The first-order valence-corrected chi connectivity index (χ1v) is 7.54. The second-order valence-corrected chi connectivity index (χ2v) is 5.50. The third-order valence-electron chi connectivity index (χ3n) is 3.26. The molecule has 0 aliphatic carbocycles. The minimum absolute atomic E-state index is 0.0951. The third-order valence-corrected chi connectivity index (χ3v) is 3.26. The monoisotopic (exact) mass is 325 g/mol. The van der Waals surface area contributed by atoms with Crippen molar-refractivity contribution in [2.45, 2.75) is 13.8 Å². The molecule has 0 saturated carbocycles. The van der Waals surface area contributed by atoms with Gasteiger partial charge in [0.25, 0.3) is 11.8 Å². The van der Waals surface area contributed by atoms with E-state index in [1.165, 1.54) is 0 Å². The molecular formula is C18H19N3O3. The molecule has 2 aromatic rings. The first-order valence-electron chi connectivity index (χ1n) is 7.54. The molecular weight excluding hydrogens is 306 g/mol. The number of nitrogens with one attached hydrogen (secondary N) is 3. The van der Waals surface area contributed by atoms with Crippen molar-refractivity contribution in [1.82, 2.24) is 10.9 Å². The molecule has 6 heteroatoms. The van der Waals surface area contributed by atoms with Crippen molar-refractivity contribution in [3.05, 3.63) is 65.7 Å². The fourth-order valence-electron chi connectivity index (χ4n) is 1.84. The molecule has 24 heavy (non-hydrogen) atoms. The Kier molecular flexibility index (Phi) is 5.68. The van der Waals surface area contributed by atoms with E-state index in [9.17, 15) is 14.4 Å². The molecule has 0 unspecified atom stereocenters. The standard InChI is InChI=1S/C18H19N3O3/c1-12(2)16(22)19-15-10-8-14(9-11-15)18(24)21-20-17(23)13-6-4-3-5-7-13/h3-12H,1-2H3,(H,19,22)(H,20,23)(H,21,24). The van der Waals surface area contributed by atoms with E-state index in [1.807, 2.05) is 0 Å². The van der Waals surface area contributed by atoms with Crippen LogP contribution >= 0.6 is 0 Å². The maximum atomic E-state index is 12.0. The van der Waals surface area contributed by atoms with Crippen LogP contribution in [0, 0.1) is 5.92 Å². The number of hydrogen-bond acceptors (Lipinski definition) is 3. The minimum atomic E-state index is -0.444. The highest BCUT2D eigenvalue weighted by molar-refractivity contribution is 5.99. The Morgan fingerprint density at radius 3 is 1.75 bits per heavy atom. The molecule has 3 amide bonds. The fraction of sp³-hybridized carbons (Fsp3) is 0.167. The quantitative estimate of drug-likeness (QED) is 0.754. The number of benzene rings is 2. The topological polar surface area (TPSA) is 87.3 Å². The number of rotatable bonds is 4. The zero-order chi connectivity index (χ0) is 17.5. The number of anilines is 1. The lowest BCUT2D eigenvalue weighted by molar-refractivity contribution is -0.118. The molecule has 6 nitrogen and oxygen atoms in total. The molecule has 0 radical (unpaired) electrons. The number of carbonyl (C=O) groups excluding carboxylic acids is 3. The molecule has 0 aromatic heterocycles. The van der Waals surface area contributed by atoms with Crippen molar-refractivity contribution in [3.8, 4) is 0 Å². The van der Waals surface area contributed by atoms with Crippen molar-refractivity contribution in [3.63, 3.8) is 0 Å². The summed E-state index contributed by atoms with van der Waals surface area (Å²) in [5.41, 5.74) is 6.13. The van der Waals surface area contributed by atoms with E-state index in [1.54, 1.807) is 68.4 Å². The van der Waals surface area contributed by atoms with E-state index in [0.717, 1.165) is 0 Å². The summed E-state index contributed by atoms with van der Waals surface area (Å²) < 4.78 is 0. The lowest BCUT2D eigenvalue weighted by Crippen LogP contribution is -2.41. The van der Waals surface area contributed by atoms with E-state index < -0.39 is 11.8 Å². The third kappa shape index (κ3) is 4.67. The van der Waals surface area contributed by atoms with Gasteiger partial charge in [-0.1, -0.05) is 32.0 Å². The van der Waals surface area contributed by atoms with Crippen molar-refractivity contribution < 1.29 is 14.4 Å². The Morgan fingerprint density at radius 2 is 1.25 bits per heavy atom. The molecule has 0 fully saturated rings. The molecule has 2 aromatic carbocycles. The van der Waals surface area contributed by atoms with Crippen molar-refractivity contribution in [1.29, 1.82) is 0 Å². The average molecular weight is 325 g/mol. The maximum absolute atomic E-state index is 12.0. The molecule has 0 saturated heterocycles. The number of hydrogen-bond donors (Lipinski definition) is 3. The zero-order valence-corrected chi connectivity index (χ0v) is 13.5. The summed E-state index contributed by atoms with van der Waals surface area (Å²) in [6.07, 6.45) is 0. The van der Waals surface area contributed by atoms with Gasteiger partial charge >= 0.3 is 0 Å². The number of hydrazine groups is 1. The summed E-state index contributed by atoms with van der Waals surface area (Å²) in [4.78, 5) is 35.5. The molecule has 0 aliphatic heterocycles. The molecule has 0 spiro atoms. The van der Waals surface area contributed by atoms with Crippen LogP contribution in [0.5, 0.6) is 0 Å². The Hall–Kier alpha value is -3.15. The van der Waals surface area contributed by atoms with Gasteiger partial charge in [-0.05, 0) is 36.4 Å². The summed E-state index contributed by atoms with van der Waals surface area (Å²) >= 11 is 0. The minimum Gasteiger partial charge on any atom is -0.326 e. The molecule has 0 heterocycles. The average Bonchev–Trinajstić information content (AvgIpc) is 2.60. The summed E-state index contributed by atoms with van der Waals surface area (Å²) in [6.45, 7) is 3.60. The molecule has 0 bridgehead atoms. The van der Waals surface area contributed by atoms with Crippen LogP contribution in [-0.4, -0.2) is 17.7 Å². The van der Waals surface area contributed by atoms with Crippen LogP contribution in [0.2, 0.25) is 0 Å². The molecule has 124 valence electrons. The van der Waals surface area contributed by atoms with Gasteiger partial charge in [-0.15, -0.1) is 0 Å². The van der Waals surface area contributed by atoms with Crippen LogP contribution < -0.4 is 16.2 Å². The summed E-state index contributed by atoms with van der Waals surface area (Å²) in [7, 11) is 0. The SMILES string of the molecule is CC(C)C(=O)Nc1ccc(C(=O)NNC(=O)c2ccccc2)cc1. The summed E-state index contributed by atoms with van der Waals surface area (Å²) in [6, 6.07) is 15.0. The van der Waals surface area contributed by atoms with Gasteiger partial charge < -0.3 is 5.32 Å². The lowest BCUT2D eigenvalue weighted by atomic mass is 10.1. The highest BCUT2D eigenvalue weighted by Gasteiger charge is 2.10. The maximum Gasteiger partial charge on any atom is 0.269 e. The van der Waals surface area contributed by atoms with Gasteiger partial charge in [0.15, 0.2) is 0 Å². The van der Waals surface area contributed by atoms with Gasteiger partial charge in [0.05, 0.1) is 0 Å². The predicted octanol–water partition coefficient (Wildman–Crippen LogP) is 2.36. The highest BCUT2D eigenvalue weighted by atomic mass is 16.2. The van der Waals surface area contributed by atoms with Crippen LogP contribution in [0.1, 0.15) is 34.6 Å². The second kappa shape index (κ2) is 7.92. The molecule has 3 N–H and O–H groups in total. The molecule has 0 aliphatic rings. The van der Waals surface area contributed by atoms with Gasteiger partial charge in [-0.3, -0.25) is 25.2 Å². The van der Waals surface area contributed by atoms with Crippen molar-refractivity contribution >= 4 is 23.4 Å². The van der Waals surface area contributed by atoms with Crippen molar-refractivity contribution in [2.24, 2.45) is 5.92 Å². The van der Waals surface area contributed by atoms with Crippen LogP contribution in [-0.2, 0) is 4.79 Å². The van der Waals surface area contributed by atoms with Gasteiger partial charge in [0.1, 0.15) is 0 Å². The first kappa shape index (κ1) is 17.2. The first-order chi connectivity index (χ1) is 11.5. The normalized spacial score (nSPS) is 10.1. The lowest BCUT2D eigenvalue weighted by Gasteiger charge is -2.09. The van der Waals surface area contributed by atoms with Gasteiger partial charge in [-0.25, -0.2) is 0 Å². The van der Waals surface area contributed by atoms with E-state index in [4.69, 9.17) is 0 Å². The van der Waals surface area contributed by atoms with E-state index in [0.29, 0.717) is 16.8 Å². The van der Waals surface area contributed by atoms with Gasteiger partial charge in [0.2, 0.25) is 5.91 Å². The van der Waals surface area contributed by atoms with Crippen molar-refractivity contribution in [2.75, 3.05) is 5.32 Å².